The summed E-state index contributed by atoms with van der Waals surface area (Å²) in [7, 11) is 0. The summed E-state index contributed by atoms with van der Waals surface area (Å²) in [5, 5.41) is 11.8. The van der Waals surface area contributed by atoms with Crippen LogP contribution in [-0.4, -0.2) is 78.9 Å². The van der Waals surface area contributed by atoms with Gasteiger partial charge < -0.3 is 15.3 Å². The molecule has 1 atom stereocenters. The highest BCUT2D eigenvalue weighted by atomic mass is 19.4. The maximum atomic E-state index is 11.9. The van der Waals surface area contributed by atoms with Crippen LogP contribution in [0.1, 0.15) is 19.8 Å². The van der Waals surface area contributed by atoms with Crippen molar-refractivity contribution in [2.45, 2.75) is 32.0 Å². The Hall–Kier alpha value is -0.860. The van der Waals surface area contributed by atoms with E-state index in [1.54, 1.807) is 4.90 Å². The van der Waals surface area contributed by atoms with Crippen LogP contribution in [0.3, 0.4) is 0 Å². The van der Waals surface area contributed by atoms with Crippen LogP contribution in [0.5, 0.6) is 0 Å². The molecular weight excluding hydrogens is 287 g/mol. The summed E-state index contributed by atoms with van der Waals surface area (Å²) < 4.78 is 35.8. The number of aliphatic hydroxyl groups is 1. The van der Waals surface area contributed by atoms with Gasteiger partial charge in [0, 0.05) is 45.7 Å². The largest absolute Gasteiger partial charge is 0.401 e. The number of piperazine rings is 1. The first-order valence-corrected chi connectivity index (χ1v) is 7.27. The lowest BCUT2D eigenvalue weighted by molar-refractivity contribution is -0.134. The van der Waals surface area contributed by atoms with Crippen molar-refractivity contribution >= 4 is 5.91 Å². The second kappa shape index (κ2) is 8.55. The first kappa shape index (κ1) is 18.2. The number of hydrogen-bond donors (Lipinski definition) is 2. The van der Waals surface area contributed by atoms with Gasteiger partial charge >= 0.3 is 6.18 Å². The zero-order valence-corrected chi connectivity index (χ0v) is 12.3. The number of amides is 1. The monoisotopic (exact) mass is 311 g/mol. The molecule has 0 radical (unpaired) electrons. The molecule has 2 N–H and O–H groups in total. The molecular formula is C13H24F3N3O2. The third kappa shape index (κ3) is 7.63. The second-order valence-electron chi connectivity index (χ2n) is 5.29. The lowest BCUT2D eigenvalue weighted by Crippen LogP contribution is -2.50. The molecule has 5 nitrogen and oxygen atoms in total. The van der Waals surface area contributed by atoms with Crippen LogP contribution in [0.15, 0.2) is 0 Å². The lowest BCUT2D eigenvalue weighted by atomic mass is 10.2. The van der Waals surface area contributed by atoms with E-state index in [4.69, 9.17) is 0 Å². The van der Waals surface area contributed by atoms with Gasteiger partial charge in [-0.05, 0) is 6.42 Å². The summed E-state index contributed by atoms with van der Waals surface area (Å²) in [6.07, 6.45) is -3.81. The van der Waals surface area contributed by atoms with E-state index in [1.165, 1.54) is 0 Å². The van der Waals surface area contributed by atoms with Gasteiger partial charge in [-0.1, -0.05) is 6.92 Å². The molecule has 0 unspecified atom stereocenters. The van der Waals surface area contributed by atoms with Gasteiger partial charge in [-0.2, -0.15) is 13.2 Å². The van der Waals surface area contributed by atoms with Crippen molar-refractivity contribution in [3.63, 3.8) is 0 Å². The molecule has 8 heteroatoms. The summed E-state index contributed by atoms with van der Waals surface area (Å²) in [4.78, 5) is 15.6. The maximum Gasteiger partial charge on any atom is 0.401 e. The summed E-state index contributed by atoms with van der Waals surface area (Å²) in [5.41, 5.74) is 0. The number of nitrogens with one attached hydrogen (secondary N) is 1. The minimum absolute atomic E-state index is 0.0348. The molecule has 0 aromatic heterocycles. The van der Waals surface area contributed by atoms with Crippen LogP contribution < -0.4 is 5.32 Å². The van der Waals surface area contributed by atoms with Crippen molar-refractivity contribution in [2.24, 2.45) is 0 Å². The number of rotatable bonds is 7. The van der Waals surface area contributed by atoms with Crippen LogP contribution in [0.2, 0.25) is 0 Å². The second-order valence-corrected chi connectivity index (χ2v) is 5.29. The number of carbonyl (C=O) groups excluding carboxylic acids is 1. The van der Waals surface area contributed by atoms with Gasteiger partial charge in [0.25, 0.3) is 0 Å². The number of alkyl halides is 3. The fourth-order valence-corrected chi connectivity index (χ4v) is 2.19. The van der Waals surface area contributed by atoms with E-state index >= 15 is 0 Å². The Morgan fingerprint density at radius 2 is 1.90 bits per heavy atom. The maximum absolute atomic E-state index is 11.9. The predicted molar refractivity (Wildman–Crippen MR) is 72.9 cm³/mol. The Labute approximate surface area is 123 Å². The molecule has 21 heavy (non-hydrogen) atoms. The summed E-state index contributed by atoms with van der Waals surface area (Å²) in [5.74, 6) is -0.125. The minimum atomic E-state index is -4.24. The van der Waals surface area contributed by atoms with Gasteiger partial charge in [-0.3, -0.25) is 9.69 Å². The van der Waals surface area contributed by atoms with Crippen LogP contribution >= 0.6 is 0 Å². The van der Waals surface area contributed by atoms with E-state index in [-0.39, 0.29) is 25.0 Å². The van der Waals surface area contributed by atoms with E-state index < -0.39 is 12.7 Å². The normalized spacial score (nSPS) is 18.8. The average molecular weight is 311 g/mol. The topological polar surface area (TPSA) is 55.8 Å². The van der Waals surface area contributed by atoms with Crippen molar-refractivity contribution in [1.29, 1.82) is 0 Å². The molecule has 1 amide bonds. The molecule has 124 valence electrons. The van der Waals surface area contributed by atoms with E-state index in [1.807, 2.05) is 6.92 Å². The zero-order chi connectivity index (χ0) is 15.9. The molecule has 1 rings (SSSR count). The molecule has 0 spiro atoms. The molecule has 0 aliphatic carbocycles. The van der Waals surface area contributed by atoms with Crippen LogP contribution in [0.4, 0.5) is 13.2 Å². The van der Waals surface area contributed by atoms with E-state index in [2.05, 4.69) is 10.2 Å². The molecule has 0 saturated carbocycles. The van der Waals surface area contributed by atoms with Crippen LogP contribution in [0.25, 0.3) is 0 Å². The van der Waals surface area contributed by atoms with E-state index in [9.17, 15) is 23.1 Å². The summed E-state index contributed by atoms with van der Waals surface area (Å²) in [6, 6.07) is 0. The number of halogens is 3. The van der Waals surface area contributed by atoms with E-state index in [0.717, 1.165) is 0 Å². The number of β-amino-alcohol motifs (C(OH)–C–C–N with tert-alkyl or cyclic N) is 1. The Morgan fingerprint density at radius 1 is 1.29 bits per heavy atom. The van der Waals surface area contributed by atoms with Gasteiger partial charge in [-0.15, -0.1) is 0 Å². The van der Waals surface area contributed by atoms with Gasteiger partial charge in [0.15, 0.2) is 0 Å². The molecule has 0 aromatic carbocycles. The highest BCUT2D eigenvalue weighted by Crippen LogP contribution is 2.12. The van der Waals surface area contributed by atoms with Gasteiger partial charge in [0.05, 0.1) is 12.6 Å². The summed E-state index contributed by atoms with van der Waals surface area (Å²) >= 11 is 0. The van der Waals surface area contributed by atoms with Crippen molar-refractivity contribution in [3.05, 3.63) is 0 Å². The Kier molecular flexibility index (Phi) is 7.41. The van der Waals surface area contributed by atoms with Crippen LogP contribution in [0, 0.1) is 0 Å². The SMILES string of the molecule is CC[C@@H](O)CN1CCN(C(=O)CCNCC(F)(F)F)CC1. The Morgan fingerprint density at radius 3 is 2.43 bits per heavy atom. The number of aliphatic hydroxyl groups excluding tert-OH is 1. The van der Waals surface area contributed by atoms with Gasteiger partial charge in [-0.25, -0.2) is 0 Å². The molecule has 0 bridgehead atoms. The quantitative estimate of drug-likeness (QED) is 0.670. The highest BCUT2D eigenvalue weighted by molar-refractivity contribution is 5.76. The molecule has 0 aromatic rings. The van der Waals surface area contributed by atoms with E-state index in [0.29, 0.717) is 39.1 Å². The van der Waals surface area contributed by atoms with Crippen molar-refractivity contribution in [3.8, 4) is 0 Å². The standard InChI is InChI=1S/C13H24F3N3O2/c1-2-11(20)9-18-5-7-19(8-6-18)12(21)3-4-17-10-13(14,15)16/h11,17,20H,2-10H2,1H3/t11-/m1/s1. The third-order valence-corrected chi connectivity index (χ3v) is 3.51. The number of hydrogen-bond acceptors (Lipinski definition) is 4. The first-order chi connectivity index (χ1) is 9.81. The summed E-state index contributed by atoms with van der Waals surface area (Å²) in [6.45, 7) is 4.00. The highest BCUT2D eigenvalue weighted by Gasteiger charge is 2.26. The average Bonchev–Trinajstić information content (AvgIpc) is 2.43. The van der Waals surface area contributed by atoms with Gasteiger partial charge in [0.2, 0.25) is 5.91 Å². The lowest BCUT2D eigenvalue weighted by Gasteiger charge is -2.35. The smallest absolute Gasteiger partial charge is 0.392 e. The first-order valence-electron chi connectivity index (χ1n) is 7.27. The van der Waals surface area contributed by atoms with Crippen LogP contribution in [-0.2, 0) is 4.79 Å². The molecule has 1 aliphatic heterocycles. The fourth-order valence-electron chi connectivity index (χ4n) is 2.19. The third-order valence-electron chi connectivity index (χ3n) is 3.51. The molecule has 1 saturated heterocycles. The minimum Gasteiger partial charge on any atom is -0.392 e. The Bertz CT molecular complexity index is 318. The van der Waals surface area contributed by atoms with Gasteiger partial charge in [0.1, 0.15) is 0 Å². The Balaban J connectivity index is 2.17. The molecule has 1 heterocycles. The zero-order valence-electron chi connectivity index (χ0n) is 12.3. The molecule has 1 fully saturated rings. The van der Waals surface area contributed by atoms with Crippen molar-refractivity contribution in [1.82, 2.24) is 15.1 Å². The number of carbonyl (C=O) groups is 1. The predicted octanol–water partition coefficient (Wildman–Crippen LogP) is 0.443. The number of nitrogens with zero attached hydrogens (tertiary/aromatic N) is 2. The van der Waals surface area contributed by atoms with Crippen molar-refractivity contribution < 1.29 is 23.1 Å². The fraction of sp³-hybridized carbons (Fsp3) is 0.923. The van der Waals surface area contributed by atoms with Crippen molar-refractivity contribution in [2.75, 3.05) is 45.8 Å². The molecule has 1 aliphatic rings.